The SMILES string of the molecule is COc1ccc(C2/C(=C(\O)c3cc(OC)ccc3OC)C(=O)C(=O)N2c2cccc(F)c2)cc1. The lowest BCUT2D eigenvalue weighted by molar-refractivity contribution is -0.132. The summed E-state index contributed by atoms with van der Waals surface area (Å²) in [5.74, 6) is -1.54. The number of ketones is 1. The molecule has 174 valence electrons. The molecule has 1 unspecified atom stereocenters. The van der Waals surface area contributed by atoms with Crippen LogP contribution in [-0.4, -0.2) is 38.1 Å². The largest absolute Gasteiger partial charge is 0.507 e. The number of aliphatic hydroxyl groups excluding tert-OH is 1. The highest BCUT2D eigenvalue weighted by Crippen LogP contribution is 2.44. The van der Waals surface area contributed by atoms with Crippen LogP contribution in [0.4, 0.5) is 10.1 Å². The summed E-state index contributed by atoms with van der Waals surface area (Å²) in [5, 5.41) is 11.3. The van der Waals surface area contributed by atoms with Gasteiger partial charge in [-0.3, -0.25) is 14.5 Å². The summed E-state index contributed by atoms with van der Waals surface area (Å²) in [6, 6.07) is 15.8. The molecule has 7 nitrogen and oxygen atoms in total. The van der Waals surface area contributed by atoms with Crippen molar-refractivity contribution in [2.45, 2.75) is 6.04 Å². The van der Waals surface area contributed by atoms with Gasteiger partial charge in [0.25, 0.3) is 11.7 Å². The van der Waals surface area contributed by atoms with Crippen molar-refractivity contribution in [1.82, 2.24) is 0 Å². The molecule has 1 aliphatic rings. The first kappa shape index (κ1) is 22.8. The third kappa shape index (κ3) is 3.94. The lowest BCUT2D eigenvalue weighted by atomic mass is 9.94. The van der Waals surface area contributed by atoms with Gasteiger partial charge in [-0.2, -0.15) is 0 Å². The lowest BCUT2D eigenvalue weighted by Crippen LogP contribution is -2.29. The molecule has 1 heterocycles. The maximum Gasteiger partial charge on any atom is 0.300 e. The van der Waals surface area contributed by atoms with E-state index in [0.29, 0.717) is 17.1 Å². The summed E-state index contributed by atoms with van der Waals surface area (Å²) >= 11 is 0. The molecule has 0 aromatic heterocycles. The van der Waals surface area contributed by atoms with Gasteiger partial charge in [0.1, 0.15) is 28.8 Å². The topological polar surface area (TPSA) is 85.3 Å². The van der Waals surface area contributed by atoms with E-state index in [2.05, 4.69) is 0 Å². The number of carbonyl (C=O) groups is 2. The van der Waals surface area contributed by atoms with Gasteiger partial charge in [-0.1, -0.05) is 18.2 Å². The first-order valence-electron chi connectivity index (χ1n) is 10.3. The molecule has 1 aliphatic heterocycles. The Morgan fingerprint density at radius 2 is 1.56 bits per heavy atom. The van der Waals surface area contributed by atoms with Crippen LogP contribution in [0.15, 0.2) is 72.3 Å². The number of ether oxygens (including phenoxy) is 3. The zero-order valence-electron chi connectivity index (χ0n) is 18.7. The van der Waals surface area contributed by atoms with Gasteiger partial charge < -0.3 is 19.3 Å². The van der Waals surface area contributed by atoms with Gasteiger partial charge in [0.05, 0.1) is 38.5 Å². The van der Waals surface area contributed by atoms with Crippen LogP contribution < -0.4 is 19.1 Å². The molecular weight excluding hydrogens is 441 g/mol. The van der Waals surface area contributed by atoms with Crippen LogP contribution in [-0.2, 0) is 9.59 Å². The summed E-state index contributed by atoms with van der Waals surface area (Å²) < 4.78 is 29.9. The van der Waals surface area contributed by atoms with Crippen LogP contribution in [0.25, 0.3) is 5.76 Å². The van der Waals surface area contributed by atoms with Crippen molar-refractivity contribution >= 4 is 23.1 Å². The van der Waals surface area contributed by atoms with Gasteiger partial charge in [-0.25, -0.2) is 4.39 Å². The van der Waals surface area contributed by atoms with Crippen molar-refractivity contribution < 1.29 is 33.3 Å². The summed E-state index contributed by atoms with van der Waals surface area (Å²) in [6.07, 6.45) is 0. The highest BCUT2D eigenvalue weighted by Gasteiger charge is 2.47. The Kier molecular flexibility index (Phi) is 6.23. The second-order valence-electron chi connectivity index (χ2n) is 7.49. The summed E-state index contributed by atoms with van der Waals surface area (Å²) in [4.78, 5) is 27.6. The number of methoxy groups -OCH3 is 3. The van der Waals surface area contributed by atoms with Crippen LogP contribution >= 0.6 is 0 Å². The fourth-order valence-corrected chi connectivity index (χ4v) is 3.97. The maximum atomic E-state index is 14.0. The van der Waals surface area contributed by atoms with Gasteiger partial charge >= 0.3 is 0 Å². The normalized spacial score (nSPS) is 17.1. The minimum absolute atomic E-state index is 0.161. The fourth-order valence-electron chi connectivity index (χ4n) is 3.97. The smallest absolute Gasteiger partial charge is 0.300 e. The van der Waals surface area contributed by atoms with E-state index < -0.39 is 29.3 Å². The Hall–Kier alpha value is -4.33. The molecule has 1 N–H and O–H groups in total. The average Bonchev–Trinajstić information content (AvgIpc) is 3.13. The fraction of sp³-hybridized carbons (Fsp3) is 0.154. The number of Topliss-reactive ketones (excluding diaryl/α,β-unsaturated/α-hetero) is 1. The van der Waals surface area contributed by atoms with Crippen LogP contribution in [0.5, 0.6) is 17.2 Å². The Balaban J connectivity index is 1.98. The van der Waals surface area contributed by atoms with E-state index >= 15 is 0 Å². The molecule has 34 heavy (non-hydrogen) atoms. The predicted molar refractivity (Wildman–Crippen MR) is 124 cm³/mol. The zero-order chi connectivity index (χ0) is 24.4. The summed E-state index contributed by atoms with van der Waals surface area (Å²) in [5.41, 5.74) is 0.718. The Labute approximate surface area is 195 Å². The molecule has 3 aromatic rings. The standard InChI is InChI=1S/C26H22FNO6/c1-32-18-9-7-15(8-10-18)23-22(24(29)20-14-19(33-2)11-12-21(20)34-3)25(30)26(31)28(23)17-6-4-5-16(27)13-17/h4-14,23,29H,1-3H3/b24-22+. The minimum Gasteiger partial charge on any atom is -0.507 e. The molecule has 8 heteroatoms. The van der Waals surface area contributed by atoms with Crippen molar-refractivity contribution in [3.63, 3.8) is 0 Å². The first-order valence-corrected chi connectivity index (χ1v) is 10.3. The molecule has 0 spiro atoms. The number of amides is 1. The van der Waals surface area contributed by atoms with Crippen molar-refractivity contribution in [2.75, 3.05) is 26.2 Å². The van der Waals surface area contributed by atoms with E-state index in [4.69, 9.17) is 14.2 Å². The maximum absolute atomic E-state index is 14.0. The predicted octanol–water partition coefficient (Wildman–Crippen LogP) is 4.48. The molecule has 0 radical (unpaired) electrons. The second-order valence-corrected chi connectivity index (χ2v) is 7.49. The number of aliphatic hydroxyl groups is 1. The quantitative estimate of drug-likeness (QED) is 0.330. The number of anilines is 1. The number of rotatable bonds is 6. The molecular formula is C26H22FNO6. The summed E-state index contributed by atoms with van der Waals surface area (Å²) in [7, 11) is 4.40. The minimum atomic E-state index is -1.02. The number of hydrogen-bond acceptors (Lipinski definition) is 6. The third-order valence-corrected chi connectivity index (χ3v) is 5.62. The number of hydrogen-bond donors (Lipinski definition) is 1. The molecule has 0 saturated carbocycles. The average molecular weight is 463 g/mol. The van der Waals surface area contributed by atoms with E-state index in [-0.39, 0.29) is 22.6 Å². The van der Waals surface area contributed by atoms with Crippen LogP contribution in [0.2, 0.25) is 0 Å². The molecule has 0 bridgehead atoms. The van der Waals surface area contributed by atoms with Crippen molar-refractivity contribution in [2.24, 2.45) is 0 Å². The molecule has 1 fully saturated rings. The highest BCUT2D eigenvalue weighted by molar-refractivity contribution is 6.51. The van der Waals surface area contributed by atoms with Crippen LogP contribution in [0, 0.1) is 5.82 Å². The molecule has 1 saturated heterocycles. The second kappa shape index (κ2) is 9.27. The zero-order valence-corrected chi connectivity index (χ0v) is 18.7. The number of benzene rings is 3. The molecule has 1 atom stereocenters. The Bertz CT molecular complexity index is 1280. The van der Waals surface area contributed by atoms with E-state index in [0.717, 1.165) is 6.07 Å². The number of halogens is 1. The molecule has 1 amide bonds. The van der Waals surface area contributed by atoms with E-state index in [1.165, 1.54) is 50.5 Å². The van der Waals surface area contributed by atoms with Gasteiger partial charge in [-0.05, 0) is 54.1 Å². The molecule has 0 aliphatic carbocycles. The van der Waals surface area contributed by atoms with Crippen molar-refractivity contribution in [1.29, 1.82) is 0 Å². The summed E-state index contributed by atoms with van der Waals surface area (Å²) in [6.45, 7) is 0. The Morgan fingerprint density at radius 1 is 0.882 bits per heavy atom. The van der Waals surface area contributed by atoms with E-state index in [9.17, 15) is 19.1 Å². The highest BCUT2D eigenvalue weighted by atomic mass is 19.1. The van der Waals surface area contributed by atoms with Crippen molar-refractivity contribution in [3.8, 4) is 17.2 Å². The van der Waals surface area contributed by atoms with Crippen molar-refractivity contribution in [3.05, 3.63) is 89.2 Å². The molecule has 4 rings (SSSR count). The number of carbonyl (C=O) groups excluding carboxylic acids is 2. The first-order chi connectivity index (χ1) is 16.4. The van der Waals surface area contributed by atoms with Crippen LogP contribution in [0.1, 0.15) is 17.2 Å². The van der Waals surface area contributed by atoms with E-state index in [1.807, 2.05) is 0 Å². The monoisotopic (exact) mass is 463 g/mol. The van der Waals surface area contributed by atoms with Gasteiger partial charge in [0, 0.05) is 5.69 Å². The van der Waals surface area contributed by atoms with E-state index in [1.54, 1.807) is 36.4 Å². The number of nitrogens with zero attached hydrogens (tertiary/aromatic N) is 1. The lowest BCUT2D eigenvalue weighted by Gasteiger charge is -2.25. The molecule has 3 aromatic carbocycles. The van der Waals surface area contributed by atoms with Gasteiger partial charge in [-0.15, -0.1) is 0 Å². The van der Waals surface area contributed by atoms with Crippen LogP contribution in [0.3, 0.4) is 0 Å². The van der Waals surface area contributed by atoms with Gasteiger partial charge in [0.2, 0.25) is 0 Å². The van der Waals surface area contributed by atoms with Gasteiger partial charge in [0.15, 0.2) is 0 Å². The Morgan fingerprint density at radius 3 is 2.18 bits per heavy atom. The third-order valence-electron chi connectivity index (χ3n) is 5.62.